The number of hydrogen-bond acceptors (Lipinski definition) is 4. The standard InChI is InChI=1S/C22H33NO3S.C2H6/c1-5-9-19(11-7-8-12-22(24)25)16-23-13-14-27-21(10-6-2)20(17-23)15-18(3)26-4;1-2/h5,8-12,15,18H,6-7,13-14,16-17H2,1-4H3,(H,24,25);1-2H3/b9-5-,12-8+,19-11?,20-15-,21-10+;. The van der Waals surface area contributed by atoms with Crippen LogP contribution < -0.4 is 0 Å². The van der Waals surface area contributed by atoms with Gasteiger partial charge in [0, 0.05) is 43.5 Å². The zero-order valence-electron chi connectivity index (χ0n) is 19.0. The number of rotatable bonds is 9. The van der Waals surface area contributed by atoms with Gasteiger partial charge in [0.05, 0.1) is 6.10 Å². The number of nitrogens with zero attached hydrogens (tertiary/aromatic N) is 1. The first-order valence-corrected chi connectivity index (χ1v) is 11.5. The molecule has 0 aromatic rings. The number of carbonyl (C=O) groups is 1. The molecule has 1 unspecified atom stereocenters. The molecule has 29 heavy (non-hydrogen) atoms. The van der Waals surface area contributed by atoms with Gasteiger partial charge in [-0.05, 0) is 37.8 Å². The van der Waals surface area contributed by atoms with Crippen LogP contribution in [-0.4, -0.2) is 54.6 Å². The van der Waals surface area contributed by atoms with Crippen LogP contribution in [-0.2, 0) is 9.53 Å². The quantitative estimate of drug-likeness (QED) is 0.374. The smallest absolute Gasteiger partial charge is 0.327 e. The van der Waals surface area contributed by atoms with Crippen molar-refractivity contribution in [1.29, 1.82) is 0 Å². The minimum absolute atomic E-state index is 0.0903. The van der Waals surface area contributed by atoms with Crippen molar-refractivity contribution in [2.75, 3.05) is 32.5 Å². The summed E-state index contributed by atoms with van der Waals surface area (Å²) in [6.45, 7) is 13.0. The number of hydrogen-bond donors (Lipinski definition) is 1. The Hall–Kier alpha value is -1.56. The van der Waals surface area contributed by atoms with Crippen molar-refractivity contribution in [3.8, 4) is 0 Å². The van der Waals surface area contributed by atoms with Gasteiger partial charge in [0.15, 0.2) is 0 Å². The Morgan fingerprint density at radius 3 is 2.66 bits per heavy atom. The average Bonchev–Trinajstić information content (AvgIpc) is 2.89. The number of carboxylic acid groups (broad SMARTS) is 1. The molecule has 1 N–H and O–H groups in total. The molecule has 164 valence electrons. The van der Waals surface area contributed by atoms with Crippen molar-refractivity contribution in [3.63, 3.8) is 0 Å². The molecule has 0 bridgehead atoms. The predicted octanol–water partition coefficient (Wildman–Crippen LogP) is 5.85. The van der Waals surface area contributed by atoms with Gasteiger partial charge in [0.2, 0.25) is 0 Å². The molecule has 4 nitrogen and oxygen atoms in total. The molecule has 5 heteroatoms. The highest BCUT2D eigenvalue weighted by atomic mass is 32.2. The SMILES string of the molecule is C/C=C\C(=CC/C=C/C(=O)O)CN1CCSC(=C/CC)/C(=C\C(C)OC)C1.CC. The van der Waals surface area contributed by atoms with Gasteiger partial charge < -0.3 is 9.84 Å². The fourth-order valence-electron chi connectivity index (χ4n) is 2.82. The molecule has 0 aromatic heterocycles. The number of ether oxygens (including phenoxy) is 1. The summed E-state index contributed by atoms with van der Waals surface area (Å²) in [5.41, 5.74) is 2.54. The highest BCUT2D eigenvalue weighted by molar-refractivity contribution is 8.03. The third-order valence-electron chi connectivity index (χ3n) is 4.14. The lowest BCUT2D eigenvalue weighted by molar-refractivity contribution is -0.131. The van der Waals surface area contributed by atoms with E-state index in [0.29, 0.717) is 6.42 Å². The molecule has 0 amide bonds. The van der Waals surface area contributed by atoms with Crippen molar-refractivity contribution < 1.29 is 14.6 Å². The molecule has 1 rings (SSSR count). The zero-order valence-corrected chi connectivity index (χ0v) is 19.8. The normalized spacial score (nSPS) is 20.1. The maximum absolute atomic E-state index is 10.6. The van der Waals surface area contributed by atoms with Crippen LogP contribution in [0.2, 0.25) is 0 Å². The summed E-state index contributed by atoms with van der Waals surface area (Å²) in [4.78, 5) is 14.4. The summed E-state index contributed by atoms with van der Waals surface area (Å²) in [6.07, 6.45) is 15.4. The molecule has 1 heterocycles. The highest BCUT2D eigenvalue weighted by Crippen LogP contribution is 2.29. The fraction of sp³-hybridized carbons (Fsp3) is 0.542. The van der Waals surface area contributed by atoms with Crippen LogP contribution in [0.25, 0.3) is 0 Å². The van der Waals surface area contributed by atoms with Crippen LogP contribution in [0, 0.1) is 0 Å². The van der Waals surface area contributed by atoms with E-state index in [1.54, 1.807) is 13.2 Å². The Morgan fingerprint density at radius 1 is 1.34 bits per heavy atom. The third kappa shape index (κ3) is 12.6. The van der Waals surface area contributed by atoms with Gasteiger partial charge in [0.25, 0.3) is 0 Å². The van der Waals surface area contributed by atoms with Gasteiger partial charge in [-0.1, -0.05) is 57.2 Å². The molecule has 0 spiro atoms. The number of carboxylic acids is 1. The van der Waals surface area contributed by atoms with E-state index >= 15 is 0 Å². The summed E-state index contributed by atoms with van der Waals surface area (Å²) >= 11 is 1.92. The largest absolute Gasteiger partial charge is 0.478 e. The monoisotopic (exact) mass is 421 g/mol. The van der Waals surface area contributed by atoms with E-state index in [4.69, 9.17) is 9.84 Å². The predicted molar refractivity (Wildman–Crippen MR) is 127 cm³/mol. The van der Waals surface area contributed by atoms with E-state index in [-0.39, 0.29) is 6.10 Å². The molecular formula is C24H39NO3S. The van der Waals surface area contributed by atoms with Crippen LogP contribution in [0.15, 0.2) is 58.6 Å². The zero-order chi connectivity index (χ0) is 22.1. The number of aliphatic carboxylic acids is 1. The molecule has 1 atom stereocenters. The van der Waals surface area contributed by atoms with Crippen LogP contribution in [0.1, 0.15) is 47.5 Å². The van der Waals surface area contributed by atoms with Crippen LogP contribution >= 0.6 is 11.8 Å². The van der Waals surface area contributed by atoms with E-state index in [9.17, 15) is 4.79 Å². The molecule has 1 saturated heterocycles. The fourth-order valence-corrected chi connectivity index (χ4v) is 3.99. The van der Waals surface area contributed by atoms with Gasteiger partial charge in [-0.25, -0.2) is 4.79 Å². The lowest BCUT2D eigenvalue weighted by Gasteiger charge is -2.22. The minimum Gasteiger partial charge on any atom is -0.478 e. The first-order valence-electron chi connectivity index (χ1n) is 10.5. The van der Waals surface area contributed by atoms with Gasteiger partial charge in [0.1, 0.15) is 0 Å². The first kappa shape index (κ1) is 27.4. The second-order valence-electron chi connectivity index (χ2n) is 6.42. The van der Waals surface area contributed by atoms with Gasteiger partial charge in [-0.3, -0.25) is 4.90 Å². The highest BCUT2D eigenvalue weighted by Gasteiger charge is 2.18. The molecule has 1 aliphatic heterocycles. The van der Waals surface area contributed by atoms with E-state index in [2.05, 4.69) is 43.1 Å². The Morgan fingerprint density at radius 2 is 2.07 bits per heavy atom. The van der Waals surface area contributed by atoms with Crippen molar-refractivity contribution >= 4 is 17.7 Å². The van der Waals surface area contributed by atoms with Crippen molar-refractivity contribution in [2.45, 2.75) is 53.6 Å². The van der Waals surface area contributed by atoms with Crippen LogP contribution in [0.5, 0.6) is 0 Å². The summed E-state index contributed by atoms with van der Waals surface area (Å²) in [5.74, 6) is 0.157. The average molecular weight is 422 g/mol. The van der Waals surface area contributed by atoms with Crippen molar-refractivity contribution in [2.24, 2.45) is 0 Å². The molecule has 0 saturated carbocycles. The summed E-state index contributed by atoms with van der Waals surface area (Å²) in [5, 5.41) is 8.71. The maximum atomic E-state index is 10.6. The van der Waals surface area contributed by atoms with E-state index < -0.39 is 5.97 Å². The van der Waals surface area contributed by atoms with Gasteiger partial charge in [-0.15, -0.1) is 11.8 Å². The number of methoxy groups -OCH3 is 1. The molecule has 1 aliphatic rings. The van der Waals surface area contributed by atoms with Crippen LogP contribution in [0.4, 0.5) is 0 Å². The van der Waals surface area contributed by atoms with Crippen molar-refractivity contribution in [1.82, 2.24) is 4.90 Å². The lowest BCUT2D eigenvalue weighted by Crippen LogP contribution is -2.29. The van der Waals surface area contributed by atoms with E-state index in [1.807, 2.05) is 38.6 Å². The third-order valence-corrected chi connectivity index (χ3v) is 5.26. The molecule has 0 aliphatic carbocycles. The second kappa shape index (κ2) is 17.3. The van der Waals surface area contributed by atoms with E-state index in [1.165, 1.54) is 22.1 Å². The first-order chi connectivity index (χ1) is 14.0. The Kier molecular flexibility index (Phi) is 16.4. The van der Waals surface area contributed by atoms with Crippen molar-refractivity contribution in [3.05, 3.63) is 58.6 Å². The lowest BCUT2D eigenvalue weighted by atomic mass is 10.1. The Labute approximate surface area is 182 Å². The molecule has 0 aromatic carbocycles. The molecular weight excluding hydrogens is 382 g/mol. The summed E-state index contributed by atoms with van der Waals surface area (Å²) in [7, 11) is 1.74. The number of allylic oxidation sites excluding steroid dienone is 4. The summed E-state index contributed by atoms with van der Waals surface area (Å²) < 4.78 is 5.45. The van der Waals surface area contributed by atoms with Crippen LogP contribution in [0.3, 0.4) is 0 Å². The summed E-state index contributed by atoms with van der Waals surface area (Å²) in [6, 6.07) is 0. The van der Waals surface area contributed by atoms with Gasteiger partial charge >= 0.3 is 5.97 Å². The molecule has 1 fully saturated rings. The maximum Gasteiger partial charge on any atom is 0.327 e. The van der Waals surface area contributed by atoms with Gasteiger partial charge in [-0.2, -0.15) is 0 Å². The van der Waals surface area contributed by atoms with E-state index in [0.717, 1.165) is 31.8 Å². The Balaban J connectivity index is 0.00000379. The second-order valence-corrected chi connectivity index (χ2v) is 7.56. The number of thioether (sulfide) groups is 1. The Bertz CT molecular complexity index is 618. The minimum atomic E-state index is -0.905. The topological polar surface area (TPSA) is 49.8 Å². The molecule has 0 radical (unpaired) electrons.